The number of methoxy groups -OCH3 is 1. The minimum Gasteiger partial charge on any atom is -0.497 e. The number of rotatable bonds is 4. The molecule has 5 heteroatoms. The number of H-pyrrole nitrogens is 1. The van der Waals surface area contributed by atoms with E-state index in [1.54, 1.807) is 13.3 Å². The fourth-order valence-electron chi connectivity index (χ4n) is 3.34. The summed E-state index contributed by atoms with van der Waals surface area (Å²) in [5, 5.41) is 3.83. The van der Waals surface area contributed by atoms with Gasteiger partial charge in [0.15, 0.2) is 0 Å². The number of nitrogens with zero attached hydrogens (tertiary/aromatic N) is 1. The zero-order valence-electron chi connectivity index (χ0n) is 14.2. The third-order valence-corrected chi connectivity index (χ3v) is 4.73. The molecule has 2 heterocycles. The van der Waals surface area contributed by atoms with Gasteiger partial charge in [-0.05, 0) is 55.3 Å². The van der Waals surface area contributed by atoms with Gasteiger partial charge in [0.1, 0.15) is 5.75 Å². The first-order valence-electron chi connectivity index (χ1n) is 8.56. The van der Waals surface area contributed by atoms with Crippen LogP contribution in [0.25, 0.3) is 10.9 Å². The van der Waals surface area contributed by atoms with E-state index in [9.17, 15) is 4.79 Å². The highest BCUT2D eigenvalue weighted by molar-refractivity contribution is 6.13. The molecule has 5 nitrogen and oxygen atoms in total. The molecule has 128 valence electrons. The van der Waals surface area contributed by atoms with Crippen LogP contribution < -0.4 is 15.0 Å². The second kappa shape index (κ2) is 6.51. The number of anilines is 2. The Morgan fingerprint density at radius 1 is 1.12 bits per heavy atom. The van der Waals surface area contributed by atoms with E-state index in [-0.39, 0.29) is 5.91 Å². The molecule has 25 heavy (non-hydrogen) atoms. The van der Waals surface area contributed by atoms with E-state index >= 15 is 0 Å². The van der Waals surface area contributed by atoms with E-state index in [0.717, 1.165) is 35.4 Å². The van der Waals surface area contributed by atoms with Crippen molar-refractivity contribution in [1.29, 1.82) is 0 Å². The fourth-order valence-corrected chi connectivity index (χ4v) is 3.34. The maximum absolute atomic E-state index is 12.6. The second-order valence-corrected chi connectivity index (χ2v) is 6.31. The molecule has 4 rings (SSSR count). The zero-order chi connectivity index (χ0) is 17.2. The van der Waals surface area contributed by atoms with Crippen molar-refractivity contribution < 1.29 is 9.53 Å². The van der Waals surface area contributed by atoms with Crippen molar-refractivity contribution in [3.8, 4) is 5.75 Å². The van der Waals surface area contributed by atoms with E-state index in [2.05, 4.69) is 27.3 Å². The highest BCUT2D eigenvalue weighted by atomic mass is 16.5. The molecule has 0 radical (unpaired) electrons. The Labute approximate surface area is 146 Å². The molecule has 3 aromatic rings. The molecule has 2 aromatic carbocycles. The zero-order valence-corrected chi connectivity index (χ0v) is 14.2. The fraction of sp³-hybridized carbons (Fsp3) is 0.250. The van der Waals surface area contributed by atoms with Gasteiger partial charge in [-0.1, -0.05) is 0 Å². The van der Waals surface area contributed by atoms with Crippen LogP contribution in [-0.2, 0) is 0 Å². The predicted octanol–water partition coefficient (Wildman–Crippen LogP) is 4.03. The number of hydrogen-bond donors (Lipinski definition) is 2. The summed E-state index contributed by atoms with van der Waals surface area (Å²) < 4.78 is 5.26. The third kappa shape index (κ3) is 3.05. The van der Waals surface area contributed by atoms with E-state index < -0.39 is 0 Å². The van der Waals surface area contributed by atoms with Crippen molar-refractivity contribution in [2.45, 2.75) is 12.8 Å². The summed E-state index contributed by atoms with van der Waals surface area (Å²) in [6.45, 7) is 2.23. The standard InChI is InChI=1S/C20H21N3O2/c1-25-16-8-9-19-17(12-16)18(13-21-19)20(24)22-14-4-6-15(7-5-14)23-10-2-3-11-23/h4-9,12-13,21H,2-3,10-11H2,1H3,(H,22,24). The van der Waals surface area contributed by atoms with Crippen LogP contribution in [0.4, 0.5) is 11.4 Å². The molecule has 0 aliphatic carbocycles. The number of aromatic nitrogens is 1. The maximum Gasteiger partial charge on any atom is 0.257 e. The topological polar surface area (TPSA) is 57.4 Å². The molecule has 0 bridgehead atoms. The van der Waals surface area contributed by atoms with Crippen molar-refractivity contribution in [3.63, 3.8) is 0 Å². The van der Waals surface area contributed by atoms with Crippen molar-refractivity contribution in [3.05, 3.63) is 54.2 Å². The highest BCUT2D eigenvalue weighted by Gasteiger charge is 2.14. The molecule has 1 aliphatic heterocycles. The Morgan fingerprint density at radius 2 is 1.88 bits per heavy atom. The summed E-state index contributed by atoms with van der Waals surface area (Å²) in [5.74, 6) is 0.601. The Kier molecular flexibility index (Phi) is 4.06. The van der Waals surface area contributed by atoms with Crippen molar-refractivity contribution >= 4 is 28.2 Å². The van der Waals surface area contributed by atoms with Gasteiger partial charge in [0.25, 0.3) is 5.91 Å². The number of amides is 1. The number of carbonyl (C=O) groups is 1. The SMILES string of the molecule is COc1ccc2[nH]cc(C(=O)Nc3ccc(N4CCCC4)cc3)c2c1. The second-order valence-electron chi connectivity index (χ2n) is 6.31. The number of fused-ring (bicyclic) bond motifs is 1. The summed E-state index contributed by atoms with van der Waals surface area (Å²) in [6.07, 6.45) is 4.24. The Morgan fingerprint density at radius 3 is 2.60 bits per heavy atom. The van der Waals surface area contributed by atoms with Gasteiger partial charge in [0.05, 0.1) is 12.7 Å². The maximum atomic E-state index is 12.6. The normalized spacial score (nSPS) is 14.0. The first kappa shape index (κ1) is 15.6. The van der Waals surface area contributed by atoms with Crippen LogP contribution in [0.2, 0.25) is 0 Å². The number of hydrogen-bond acceptors (Lipinski definition) is 3. The number of nitrogens with one attached hydrogen (secondary N) is 2. The lowest BCUT2D eigenvalue weighted by Gasteiger charge is -2.17. The van der Waals surface area contributed by atoms with Gasteiger partial charge in [-0.25, -0.2) is 0 Å². The van der Waals surface area contributed by atoms with Crippen LogP contribution in [0, 0.1) is 0 Å². The molecule has 1 amide bonds. The Hall–Kier alpha value is -2.95. The van der Waals surface area contributed by atoms with E-state index in [0.29, 0.717) is 5.56 Å². The van der Waals surface area contributed by atoms with Gasteiger partial charge in [0, 0.05) is 41.6 Å². The third-order valence-electron chi connectivity index (χ3n) is 4.73. The molecule has 0 atom stereocenters. The number of aromatic amines is 1. The van der Waals surface area contributed by atoms with Gasteiger partial charge in [-0.15, -0.1) is 0 Å². The first-order chi connectivity index (χ1) is 12.2. The van der Waals surface area contributed by atoms with Crippen LogP contribution in [0.5, 0.6) is 5.75 Å². The lowest BCUT2D eigenvalue weighted by molar-refractivity contribution is 0.102. The van der Waals surface area contributed by atoms with E-state index in [1.165, 1.54) is 18.5 Å². The van der Waals surface area contributed by atoms with Crippen LogP contribution in [0.1, 0.15) is 23.2 Å². The monoisotopic (exact) mass is 335 g/mol. The van der Waals surface area contributed by atoms with Gasteiger partial charge in [-0.2, -0.15) is 0 Å². The average Bonchev–Trinajstić information content (AvgIpc) is 3.31. The molecule has 1 aliphatic rings. The largest absolute Gasteiger partial charge is 0.497 e. The Balaban J connectivity index is 1.53. The molecule has 1 saturated heterocycles. The molecule has 0 unspecified atom stereocenters. The van der Waals surface area contributed by atoms with Gasteiger partial charge < -0.3 is 19.9 Å². The van der Waals surface area contributed by atoms with E-state index in [1.807, 2.05) is 30.3 Å². The van der Waals surface area contributed by atoms with Gasteiger partial charge >= 0.3 is 0 Å². The summed E-state index contributed by atoms with van der Waals surface area (Å²) in [5.41, 5.74) is 3.53. The minimum atomic E-state index is -0.131. The lowest BCUT2D eigenvalue weighted by atomic mass is 10.1. The van der Waals surface area contributed by atoms with Crippen molar-refractivity contribution in [2.75, 3.05) is 30.4 Å². The molecule has 2 N–H and O–H groups in total. The van der Waals surface area contributed by atoms with Crippen LogP contribution >= 0.6 is 0 Å². The minimum absolute atomic E-state index is 0.131. The van der Waals surface area contributed by atoms with E-state index in [4.69, 9.17) is 4.74 Å². The van der Waals surface area contributed by atoms with Gasteiger partial charge in [0.2, 0.25) is 0 Å². The number of ether oxygens (including phenoxy) is 1. The summed E-state index contributed by atoms with van der Waals surface area (Å²) >= 11 is 0. The predicted molar refractivity (Wildman–Crippen MR) is 101 cm³/mol. The highest BCUT2D eigenvalue weighted by Crippen LogP contribution is 2.25. The summed E-state index contributed by atoms with van der Waals surface area (Å²) in [6, 6.07) is 13.7. The average molecular weight is 335 g/mol. The molecule has 0 spiro atoms. The number of carbonyl (C=O) groups excluding carboxylic acids is 1. The van der Waals surface area contributed by atoms with Crippen molar-refractivity contribution in [2.24, 2.45) is 0 Å². The van der Waals surface area contributed by atoms with Crippen LogP contribution in [0.3, 0.4) is 0 Å². The van der Waals surface area contributed by atoms with Gasteiger partial charge in [-0.3, -0.25) is 4.79 Å². The summed E-state index contributed by atoms with van der Waals surface area (Å²) in [7, 11) is 1.62. The molecule has 0 saturated carbocycles. The van der Waals surface area contributed by atoms with Crippen LogP contribution in [0.15, 0.2) is 48.7 Å². The number of benzene rings is 2. The quantitative estimate of drug-likeness (QED) is 0.757. The molecular formula is C20H21N3O2. The van der Waals surface area contributed by atoms with Crippen LogP contribution in [-0.4, -0.2) is 31.1 Å². The molecule has 1 fully saturated rings. The lowest BCUT2D eigenvalue weighted by Crippen LogP contribution is -2.17. The smallest absolute Gasteiger partial charge is 0.257 e. The first-order valence-corrected chi connectivity index (χ1v) is 8.56. The summed E-state index contributed by atoms with van der Waals surface area (Å²) in [4.78, 5) is 18.1. The van der Waals surface area contributed by atoms with Crippen molar-refractivity contribution in [1.82, 2.24) is 4.98 Å². The molecular weight excluding hydrogens is 314 g/mol. The Bertz CT molecular complexity index is 893. The molecule has 1 aromatic heterocycles.